The van der Waals surface area contributed by atoms with Crippen molar-refractivity contribution in [2.75, 3.05) is 18.9 Å². The normalized spacial score (nSPS) is 19.2. The number of aromatic nitrogens is 2. The average Bonchev–Trinajstić information content (AvgIpc) is 3.24. The van der Waals surface area contributed by atoms with Crippen LogP contribution in [0.15, 0.2) is 42.5 Å². The van der Waals surface area contributed by atoms with Crippen molar-refractivity contribution in [2.45, 2.75) is 43.9 Å². The third-order valence-corrected chi connectivity index (χ3v) is 7.08. The maximum atomic E-state index is 14.4. The van der Waals surface area contributed by atoms with E-state index in [-0.39, 0.29) is 47.2 Å². The molecule has 2 aromatic carbocycles. The quantitative estimate of drug-likeness (QED) is 0.380. The van der Waals surface area contributed by atoms with Crippen LogP contribution in [0, 0.1) is 11.6 Å². The van der Waals surface area contributed by atoms with Gasteiger partial charge in [0.2, 0.25) is 0 Å². The molecule has 1 aliphatic heterocycles. The number of aldehydes is 1. The van der Waals surface area contributed by atoms with E-state index in [9.17, 15) is 23.5 Å². The number of rotatable bonds is 9. The van der Waals surface area contributed by atoms with Gasteiger partial charge in [0.25, 0.3) is 5.91 Å². The number of carbonyl (C=O) groups excluding carboxylic acids is 2. The Morgan fingerprint density at radius 2 is 1.84 bits per heavy atom. The molecule has 1 amide bonds. The summed E-state index contributed by atoms with van der Waals surface area (Å²) in [5.41, 5.74) is 1.65. The van der Waals surface area contributed by atoms with Crippen LogP contribution in [0.5, 0.6) is 0 Å². The summed E-state index contributed by atoms with van der Waals surface area (Å²) in [5, 5.41) is 15.3. The summed E-state index contributed by atoms with van der Waals surface area (Å²) >= 11 is 0. The summed E-state index contributed by atoms with van der Waals surface area (Å²) in [6, 6.07) is 11.0. The first-order valence-corrected chi connectivity index (χ1v) is 12.2. The maximum Gasteiger partial charge on any atom is 0.257 e. The number of aliphatic hydroxyl groups is 1. The van der Waals surface area contributed by atoms with Crippen molar-refractivity contribution in [1.82, 2.24) is 20.2 Å². The van der Waals surface area contributed by atoms with E-state index in [1.54, 1.807) is 12.1 Å². The Bertz CT molecular complexity index is 1310. The lowest BCUT2D eigenvalue weighted by Gasteiger charge is -2.38. The van der Waals surface area contributed by atoms with Crippen molar-refractivity contribution in [3.63, 3.8) is 0 Å². The van der Waals surface area contributed by atoms with Gasteiger partial charge in [0, 0.05) is 17.6 Å². The molecule has 192 valence electrons. The third-order valence-electron chi connectivity index (χ3n) is 7.08. The van der Waals surface area contributed by atoms with Crippen LogP contribution in [0.1, 0.15) is 46.8 Å². The van der Waals surface area contributed by atoms with Crippen LogP contribution in [-0.2, 0) is 11.3 Å². The van der Waals surface area contributed by atoms with E-state index in [0.717, 1.165) is 43.4 Å². The zero-order chi connectivity index (χ0) is 26.1. The minimum Gasteiger partial charge on any atom is -0.393 e. The lowest BCUT2D eigenvalue weighted by molar-refractivity contribution is -0.109. The lowest BCUT2D eigenvalue weighted by atomic mass is 9.88. The number of benzene rings is 2. The minimum absolute atomic E-state index is 0.128. The van der Waals surface area contributed by atoms with Gasteiger partial charge in [-0.15, -0.1) is 0 Å². The fourth-order valence-corrected chi connectivity index (χ4v) is 4.75. The van der Waals surface area contributed by atoms with Gasteiger partial charge < -0.3 is 25.4 Å². The zero-order valence-electron chi connectivity index (χ0n) is 20.2. The van der Waals surface area contributed by atoms with E-state index >= 15 is 0 Å². The standard InChI is InChI=1S/C27H27F2N5O3/c1-34(18-11-19(36)12-18)10-9-16(14-35)15-5-7-17(8-6-15)31-26-24-22(13-30-27(24)37)32-25(33-26)23-20(28)3-2-4-21(23)29/h2-8,14,16,18-19,36H,9-13H2,1H3,(H,30,37)(H,31,32,33)/t16-,18?,19?/m1/s1. The molecule has 0 spiro atoms. The van der Waals surface area contributed by atoms with E-state index in [0.29, 0.717) is 23.8 Å². The van der Waals surface area contributed by atoms with E-state index in [2.05, 4.69) is 25.5 Å². The number of nitrogens with zero attached hydrogens (tertiary/aromatic N) is 3. The molecule has 1 saturated carbocycles. The van der Waals surface area contributed by atoms with Crippen LogP contribution < -0.4 is 10.6 Å². The van der Waals surface area contributed by atoms with Crippen LogP contribution in [0.3, 0.4) is 0 Å². The molecule has 1 atom stereocenters. The van der Waals surface area contributed by atoms with Crippen LogP contribution in [0.2, 0.25) is 0 Å². The van der Waals surface area contributed by atoms with E-state index < -0.39 is 11.6 Å². The summed E-state index contributed by atoms with van der Waals surface area (Å²) in [4.78, 5) is 34.9. The van der Waals surface area contributed by atoms with Crippen LogP contribution in [0.4, 0.5) is 20.3 Å². The second-order valence-corrected chi connectivity index (χ2v) is 9.53. The number of aliphatic hydroxyl groups excluding tert-OH is 1. The van der Waals surface area contributed by atoms with Gasteiger partial charge in [-0.05, 0) is 62.7 Å². The highest BCUT2D eigenvalue weighted by atomic mass is 19.1. The van der Waals surface area contributed by atoms with Crippen molar-refractivity contribution >= 4 is 23.7 Å². The molecule has 1 fully saturated rings. The van der Waals surface area contributed by atoms with Crippen molar-refractivity contribution in [2.24, 2.45) is 0 Å². The maximum absolute atomic E-state index is 14.4. The van der Waals surface area contributed by atoms with E-state index in [1.807, 2.05) is 19.2 Å². The third kappa shape index (κ3) is 5.07. The fraction of sp³-hybridized carbons (Fsp3) is 0.333. The number of carbonyl (C=O) groups is 2. The average molecular weight is 508 g/mol. The molecule has 0 unspecified atom stereocenters. The van der Waals surface area contributed by atoms with Gasteiger partial charge in [-0.1, -0.05) is 18.2 Å². The van der Waals surface area contributed by atoms with Gasteiger partial charge in [0.15, 0.2) is 5.82 Å². The van der Waals surface area contributed by atoms with Crippen molar-refractivity contribution in [3.05, 3.63) is 70.9 Å². The summed E-state index contributed by atoms with van der Waals surface area (Å²) in [5.74, 6) is -2.28. The first kappa shape index (κ1) is 24.9. The van der Waals surface area contributed by atoms with Crippen molar-refractivity contribution in [1.29, 1.82) is 0 Å². The monoisotopic (exact) mass is 507 g/mol. The Hall–Kier alpha value is -3.76. The molecule has 2 heterocycles. The highest BCUT2D eigenvalue weighted by Crippen LogP contribution is 2.31. The van der Waals surface area contributed by atoms with Crippen LogP contribution in [-0.4, -0.2) is 57.9 Å². The van der Waals surface area contributed by atoms with Gasteiger partial charge in [0.05, 0.1) is 23.9 Å². The molecule has 0 saturated heterocycles. The predicted octanol–water partition coefficient (Wildman–Crippen LogP) is 3.54. The molecule has 3 aromatic rings. The molecule has 1 aromatic heterocycles. The highest BCUT2D eigenvalue weighted by molar-refractivity contribution is 6.03. The molecule has 0 radical (unpaired) electrons. The number of hydrogen-bond acceptors (Lipinski definition) is 7. The fourth-order valence-electron chi connectivity index (χ4n) is 4.75. The van der Waals surface area contributed by atoms with E-state index in [1.165, 1.54) is 6.07 Å². The number of nitrogens with one attached hydrogen (secondary N) is 2. The molecule has 1 aliphatic carbocycles. The zero-order valence-corrected chi connectivity index (χ0v) is 20.2. The number of hydrogen-bond donors (Lipinski definition) is 3. The number of anilines is 2. The van der Waals surface area contributed by atoms with Gasteiger partial charge in [0.1, 0.15) is 29.3 Å². The first-order valence-electron chi connectivity index (χ1n) is 12.2. The molecular formula is C27H27F2N5O3. The van der Waals surface area contributed by atoms with Crippen molar-refractivity contribution in [3.8, 4) is 11.4 Å². The lowest BCUT2D eigenvalue weighted by Crippen LogP contribution is -2.45. The Labute approximate surface area is 212 Å². The Kier molecular flexibility index (Phi) is 6.94. The Morgan fingerprint density at radius 1 is 1.14 bits per heavy atom. The van der Waals surface area contributed by atoms with Crippen LogP contribution in [0.25, 0.3) is 11.4 Å². The second-order valence-electron chi connectivity index (χ2n) is 9.53. The van der Waals surface area contributed by atoms with E-state index in [4.69, 9.17) is 0 Å². The van der Waals surface area contributed by atoms with Crippen molar-refractivity contribution < 1.29 is 23.5 Å². The highest BCUT2D eigenvalue weighted by Gasteiger charge is 2.31. The summed E-state index contributed by atoms with van der Waals surface area (Å²) in [6.07, 6.45) is 2.88. The molecular weight excluding hydrogens is 480 g/mol. The van der Waals surface area contributed by atoms with Gasteiger partial charge in [-0.3, -0.25) is 4.79 Å². The molecule has 37 heavy (non-hydrogen) atoms. The largest absolute Gasteiger partial charge is 0.393 e. The van der Waals surface area contributed by atoms with Gasteiger partial charge >= 0.3 is 0 Å². The Morgan fingerprint density at radius 3 is 2.49 bits per heavy atom. The van der Waals surface area contributed by atoms with Crippen LogP contribution >= 0.6 is 0 Å². The molecule has 3 N–H and O–H groups in total. The molecule has 0 bridgehead atoms. The van der Waals surface area contributed by atoms with Gasteiger partial charge in [-0.25, -0.2) is 18.7 Å². The molecule has 5 rings (SSSR count). The minimum atomic E-state index is -0.799. The smallest absolute Gasteiger partial charge is 0.257 e. The topological polar surface area (TPSA) is 107 Å². The molecule has 10 heteroatoms. The summed E-state index contributed by atoms with van der Waals surface area (Å²) in [7, 11) is 2.00. The second kappa shape index (κ2) is 10.3. The molecule has 8 nitrogen and oxygen atoms in total. The Balaban J connectivity index is 1.35. The SMILES string of the molecule is CN(CC[C@H](C=O)c1ccc(Nc2nc(-c3c(F)cccc3F)nc3c2C(=O)NC3)cc1)C1CC(O)C1. The number of amides is 1. The van der Waals surface area contributed by atoms with Gasteiger partial charge in [-0.2, -0.15) is 0 Å². The predicted molar refractivity (Wildman–Crippen MR) is 133 cm³/mol. The summed E-state index contributed by atoms with van der Waals surface area (Å²) in [6.45, 7) is 0.862. The number of fused-ring (bicyclic) bond motifs is 1. The first-order chi connectivity index (χ1) is 17.8. The number of halogens is 2. The molecule has 2 aliphatic rings. The summed E-state index contributed by atoms with van der Waals surface area (Å²) < 4.78 is 28.8.